The Morgan fingerprint density at radius 2 is 2.00 bits per heavy atom. The summed E-state index contributed by atoms with van der Waals surface area (Å²) in [5, 5.41) is 3.22. The van der Waals surface area contributed by atoms with Crippen LogP contribution in [0, 0.1) is 5.82 Å². The Balaban J connectivity index is 2.30. The zero-order valence-electron chi connectivity index (χ0n) is 12.2. The summed E-state index contributed by atoms with van der Waals surface area (Å²) in [4.78, 5) is 9.05. The van der Waals surface area contributed by atoms with Crippen LogP contribution in [0.2, 0.25) is 0 Å². The number of nitrogens with one attached hydrogen (secondary N) is 1. The van der Waals surface area contributed by atoms with Crippen molar-refractivity contribution in [2.75, 3.05) is 11.9 Å². The third kappa shape index (κ3) is 3.76. The molecule has 0 saturated carbocycles. The molecule has 1 heterocycles. The number of benzene rings is 1. The van der Waals surface area contributed by atoms with Crippen molar-refractivity contribution in [3.05, 3.63) is 53.2 Å². The van der Waals surface area contributed by atoms with Crippen LogP contribution >= 0.6 is 0 Å². The van der Waals surface area contributed by atoms with Gasteiger partial charge in [-0.3, -0.25) is 0 Å². The molecule has 0 aliphatic carbocycles. The second-order valence-corrected chi connectivity index (χ2v) is 5.09. The third-order valence-corrected chi connectivity index (χ3v) is 2.99. The lowest BCUT2D eigenvalue weighted by Gasteiger charge is -2.11. The van der Waals surface area contributed by atoms with Crippen molar-refractivity contribution in [2.24, 2.45) is 0 Å². The van der Waals surface area contributed by atoms with Crippen molar-refractivity contribution in [1.82, 2.24) is 9.97 Å². The molecule has 2 aromatic rings. The van der Waals surface area contributed by atoms with Gasteiger partial charge >= 0.3 is 0 Å². The topological polar surface area (TPSA) is 37.8 Å². The first-order valence-electron chi connectivity index (χ1n) is 6.94. The second-order valence-electron chi connectivity index (χ2n) is 5.09. The van der Waals surface area contributed by atoms with E-state index in [4.69, 9.17) is 0 Å². The molecule has 3 nitrogen and oxygen atoms in total. The third-order valence-electron chi connectivity index (χ3n) is 2.99. The van der Waals surface area contributed by atoms with Gasteiger partial charge in [0.1, 0.15) is 17.5 Å². The van der Waals surface area contributed by atoms with Crippen LogP contribution in [0.1, 0.15) is 43.8 Å². The Kier molecular flexibility index (Phi) is 4.66. The molecular formula is C16H20FN3. The van der Waals surface area contributed by atoms with Gasteiger partial charge in [-0.2, -0.15) is 0 Å². The van der Waals surface area contributed by atoms with Crippen LogP contribution in [-0.2, 0) is 6.42 Å². The summed E-state index contributed by atoms with van der Waals surface area (Å²) < 4.78 is 13.2. The number of rotatable bonds is 5. The largest absolute Gasteiger partial charge is 0.370 e. The standard InChI is InChI=1S/C16H20FN3/c1-4-18-15-10-14(11(2)3)19-16(20-15)9-12-6-5-7-13(17)8-12/h5-8,10-11H,4,9H2,1-3H3,(H,18,19,20). The Morgan fingerprint density at radius 3 is 2.65 bits per heavy atom. The van der Waals surface area contributed by atoms with Crippen LogP contribution in [0.25, 0.3) is 0 Å². The molecule has 0 spiro atoms. The molecule has 0 atom stereocenters. The summed E-state index contributed by atoms with van der Waals surface area (Å²) in [7, 11) is 0. The molecule has 4 heteroatoms. The molecule has 0 bridgehead atoms. The number of halogens is 1. The molecule has 1 aromatic heterocycles. The molecule has 1 aromatic carbocycles. The van der Waals surface area contributed by atoms with E-state index in [1.54, 1.807) is 6.07 Å². The van der Waals surface area contributed by atoms with Gasteiger partial charge in [-0.1, -0.05) is 26.0 Å². The summed E-state index contributed by atoms with van der Waals surface area (Å²) in [5.74, 6) is 1.66. The maximum atomic E-state index is 13.2. The van der Waals surface area contributed by atoms with E-state index in [2.05, 4.69) is 29.1 Å². The monoisotopic (exact) mass is 273 g/mol. The highest BCUT2D eigenvalue weighted by molar-refractivity contribution is 5.37. The molecule has 1 N–H and O–H groups in total. The lowest BCUT2D eigenvalue weighted by Crippen LogP contribution is -2.07. The van der Waals surface area contributed by atoms with Gasteiger partial charge in [-0.25, -0.2) is 14.4 Å². The molecule has 20 heavy (non-hydrogen) atoms. The predicted molar refractivity (Wildman–Crippen MR) is 79.5 cm³/mol. The molecule has 0 fully saturated rings. The highest BCUT2D eigenvalue weighted by Crippen LogP contribution is 2.17. The number of aromatic nitrogens is 2. The number of anilines is 1. The van der Waals surface area contributed by atoms with Crippen LogP contribution in [0.3, 0.4) is 0 Å². The van der Waals surface area contributed by atoms with Crippen molar-refractivity contribution in [3.63, 3.8) is 0 Å². The lowest BCUT2D eigenvalue weighted by molar-refractivity contribution is 0.625. The zero-order chi connectivity index (χ0) is 14.5. The normalized spacial score (nSPS) is 10.8. The maximum Gasteiger partial charge on any atom is 0.135 e. The van der Waals surface area contributed by atoms with Crippen molar-refractivity contribution < 1.29 is 4.39 Å². The van der Waals surface area contributed by atoms with Crippen molar-refractivity contribution in [1.29, 1.82) is 0 Å². The van der Waals surface area contributed by atoms with E-state index >= 15 is 0 Å². The van der Waals surface area contributed by atoms with Crippen LogP contribution in [-0.4, -0.2) is 16.5 Å². The van der Waals surface area contributed by atoms with Gasteiger partial charge in [0.2, 0.25) is 0 Å². The van der Waals surface area contributed by atoms with Gasteiger partial charge in [0.25, 0.3) is 0 Å². The molecule has 0 aliphatic rings. The average Bonchev–Trinajstić information content (AvgIpc) is 2.38. The SMILES string of the molecule is CCNc1cc(C(C)C)nc(Cc2cccc(F)c2)n1. The summed E-state index contributed by atoms with van der Waals surface area (Å²) in [6, 6.07) is 8.55. The first kappa shape index (κ1) is 14.4. The predicted octanol–water partition coefficient (Wildman–Crippen LogP) is 3.76. The first-order valence-corrected chi connectivity index (χ1v) is 6.94. The van der Waals surface area contributed by atoms with E-state index in [0.717, 1.165) is 29.4 Å². The van der Waals surface area contributed by atoms with E-state index in [1.165, 1.54) is 12.1 Å². The molecule has 0 unspecified atom stereocenters. The average molecular weight is 273 g/mol. The molecule has 0 radical (unpaired) electrons. The van der Waals surface area contributed by atoms with Crippen molar-refractivity contribution in [2.45, 2.75) is 33.1 Å². The summed E-state index contributed by atoms with van der Waals surface area (Å²) in [6.07, 6.45) is 0.538. The molecule has 2 rings (SSSR count). The smallest absolute Gasteiger partial charge is 0.135 e. The molecule has 0 aliphatic heterocycles. The van der Waals surface area contributed by atoms with E-state index in [9.17, 15) is 4.39 Å². The molecular weight excluding hydrogens is 253 g/mol. The lowest BCUT2D eigenvalue weighted by atomic mass is 10.1. The van der Waals surface area contributed by atoms with Crippen LogP contribution in [0.5, 0.6) is 0 Å². The maximum absolute atomic E-state index is 13.2. The van der Waals surface area contributed by atoms with Gasteiger partial charge in [0, 0.05) is 24.7 Å². The van der Waals surface area contributed by atoms with E-state index < -0.39 is 0 Å². The van der Waals surface area contributed by atoms with Crippen molar-refractivity contribution in [3.8, 4) is 0 Å². The molecule has 0 amide bonds. The molecule has 106 valence electrons. The zero-order valence-corrected chi connectivity index (χ0v) is 12.2. The fourth-order valence-corrected chi connectivity index (χ4v) is 1.99. The van der Waals surface area contributed by atoms with Gasteiger partial charge in [0.15, 0.2) is 0 Å². The second kappa shape index (κ2) is 6.46. The first-order chi connectivity index (χ1) is 9.58. The van der Waals surface area contributed by atoms with Crippen molar-refractivity contribution >= 4 is 5.82 Å². The summed E-state index contributed by atoms with van der Waals surface area (Å²) in [6.45, 7) is 7.05. The number of nitrogens with zero attached hydrogens (tertiary/aromatic N) is 2. The van der Waals surface area contributed by atoms with Crippen LogP contribution in [0.4, 0.5) is 10.2 Å². The Bertz CT molecular complexity index is 582. The fraction of sp³-hybridized carbons (Fsp3) is 0.375. The highest BCUT2D eigenvalue weighted by Gasteiger charge is 2.08. The quantitative estimate of drug-likeness (QED) is 0.901. The molecule has 0 saturated heterocycles. The Morgan fingerprint density at radius 1 is 1.20 bits per heavy atom. The van der Waals surface area contributed by atoms with Crippen LogP contribution in [0.15, 0.2) is 30.3 Å². The van der Waals surface area contributed by atoms with Crippen LogP contribution < -0.4 is 5.32 Å². The Hall–Kier alpha value is -1.97. The summed E-state index contributed by atoms with van der Waals surface area (Å²) in [5.41, 5.74) is 1.88. The number of hydrogen-bond donors (Lipinski definition) is 1. The number of hydrogen-bond acceptors (Lipinski definition) is 3. The van der Waals surface area contributed by atoms with Gasteiger partial charge < -0.3 is 5.32 Å². The minimum absolute atomic E-state index is 0.227. The minimum atomic E-state index is -0.227. The fourth-order valence-electron chi connectivity index (χ4n) is 1.99. The summed E-state index contributed by atoms with van der Waals surface area (Å²) >= 11 is 0. The minimum Gasteiger partial charge on any atom is -0.370 e. The van der Waals surface area contributed by atoms with Gasteiger partial charge in [0.05, 0.1) is 0 Å². The van der Waals surface area contributed by atoms with E-state index in [1.807, 2.05) is 19.1 Å². The van der Waals surface area contributed by atoms with Gasteiger partial charge in [-0.05, 0) is 30.5 Å². The Labute approximate surface area is 119 Å². The van der Waals surface area contributed by atoms with E-state index in [0.29, 0.717) is 12.3 Å². The highest BCUT2D eigenvalue weighted by atomic mass is 19.1. The van der Waals surface area contributed by atoms with E-state index in [-0.39, 0.29) is 5.82 Å². The van der Waals surface area contributed by atoms with Gasteiger partial charge in [-0.15, -0.1) is 0 Å².